The van der Waals surface area contributed by atoms with Gasteiger partial charge in [0, 0.05) is 4.47 Å². The number of hydrogen-bond donors (Lipinski definition) is 0. The number of benzene rings is 1. The maximum absolute atomic E-state index is 6.78. The number of rotatable bonds is 3. The summed E-state index contributed by atoms with van der Waals surface area (Å²) in [6.07, 6.45) is 0. The zero-order valence-electron chi connectivity index (χ0n) is 7.38. The highest BCUT2D eigenvalue weighted by Gasteiger charge is 2.05. The zero-order chi connectivity index (χ0) is 9.68. The van der Waals surface area contributed by atoms with Crippen LogP contribution in [0.4, 0.5) is 0 Å². The Morgan fingerprint density at radius 3 is 2.92 bits per heavy atom. The Balaban J connectivity index is 2.97. The second kappa shape index (κ2) is 4.88. The SMILES string of the molecule is [C-]#[N+]Cc1ccc(Br)cc1OCC. The molecule has 0 saturated carbocycles. The minimum absolute atomic E-state index is 0.378. The van der Waals surface area contributed by atoms with E-state index >= 15 is 0 Å². The van der Waals surface area contributed by atoms with E-state index in [1.54, 1.807) is 0 Å². The summed E-state index contributed by atoms with van der Waals surface area (Å²) in [5.74, 6) is 0.799. The molecule has 0 aliphatic heterocycles. The second-order valence-electron chi connectivity index (χ2n) is 2.50. The van der Waals surface area contributed by atoms with Crippen molar-refractivity contribution in [2.75, 3.05) is 6.61 Å². The van der Waals surface area contributed by atoms with Crippen molar-refractivity contribution in [2.45, 2.75) is 13.5 Å². The van der Waals surface area contributed by atoms with Crippen molar-refractivity contribution in [3.8, 4) is 5.75 Å². The minimum atomic E-state index is 0.378. The molecule has 1 aromatic carbocycles. The van der Waals surface area contributed by atoms with Crippen LogP contribution in [-0.4, -0.2) is 6.61 Å². The third kappa shape index (κ3) is 2.74. The quantitative estimate of drug-likeness (QED) is 0.739. The molecule has 3 heteroatoms. The first kappa shape index (κ1) is 10.1. The van der Waals surface area contributed by atoms with Gasteiger partial charge in [0.1, 0.15) is 5.75 Å². The van der Waals surface area contributed by atoms with Gasteiger partial charge in [0.25, 0.3) is 0 Å². The molecule has 0 fully saturated rings. The first-order valence-corrected chi connectivity index (χ1v) is 4.81. The van der Waals surface area contributed by atoms with Crippen molar-refractivity contribution in [1.29, 1.82) is 0 Å². The molecule has 0 unspecified atom stereocenters. The van der Waals surface area contributed by atoms with E-state index in [1.165, 1.54) is 0 Å². The zero-order valence-corrected chi connectivity index (χ0v) is 8.97. The smallest absolute Gasteiger partial charge is 0.243 e. The van der Waals surface area contributed by atoms with Crippen LogP contribution in [0.1, 0.15) is 12.5 Å². The molecule has 0 radical (unpaired) electrons. The summed E-state index contributed by atoms with van der Waals surface area (Å²) >= 11 is 3.36. The Labute approximate surface area is 86.5 Å². The topological polar surface area (TPSA) is 13.6 Å². The van der Waals surface area contributed by atoms with Crippen molar-refractivity contribution in [2.24, 2.45) is 0 Å². The standard InChI is InChI=1S/C10H10BrNO/c1-3-13-10-6-9(11)5-4-8(10)7-12-2/h4-6H,3,7H2,1H3. The van der Waals surface area contributed by atoms with Crippen LogP contribution in [0.25, 0.3) is 4.85 Å². The van der Waals surface area contributed by atoms with Crippen LogP contribution in [0.3, 0.4) is 0 Å². The van der Waals surface area contributed by atoms with Crippen molar-refractivity contribution in [1.82, 2.24) is 0 Å². The summed E-state index contributed by atoms with van der Waals surface area (Å²) in [4.78, 5) is 3.33. The number of hydrogen-bond acceptors (Lipinski definition) is 1. The van der Waals surface area contributed by atoms with Gasteiger partial charge in [0.2, 0.25) is 6.54 Å². The normalized spacial score (nSPS) is 9.31. The molecule has 0 heterocycles. The predicted octanol–water partition coefficient (Wildman–Crippen LogP) is 3.27. The highest BCUT2D eigenvalue weighted by molar-refractivity contribution is 9.10. The number of ether oxygens (including phenoxy) is 1. The fourth-order valence-electron chi connectivity index (χ4n) is 1.03. The average molecular weight is 240 g/mol. The first-order valence-electron chi connectivity index (χ1n) is 4.02. The summed E-state index contributed by atoms with van der Waals surface area (Å²) in [6.45, 7) is 9.72. The summed E-state index contributed by atoms with van der Waals surface area (Å²) in [7, 11) is 0. The fraction of sp³-hybridized carbons (Fsp3) is 0.300. The molecule has 1 aromatic rings. The molecule has 0 aliphatic rings. The van der Waals surface area contributed by atoms with Crippen molar-refractivity contribution >= 4 is 15.9 Å². The van der Waals surface area contributed by atoms with E-state index in [9.17, 15) is 0 Å². The Morgan fingerprint density at radius 2 is 2.31 bits per heavy atom. The van der Waals surface area contributed by atoms with Crippen molar-refractivity contribution in [3.05, 3.63) is 39.7 Å². The maximum atomic E-state index is 6.78. The van der Waals surface area contributed by atoms with Crippen molar-refractivity contribution < 1.29 is 4.74 Å². The van der Waals surface area contributed by atoms with Crippen LogP contribution < -0.4 is 4.74 Å². The van der Waals surface area contributed by atoms with Crippen molar-refractivity contribution in [3.63, 3.8) is 0 Å². The van der Waals surface area contributed by atoms with Gasteiger partial charge in [-0.15, -0.1) is 0 Å². The molecule has 0 N–H and O–H groups in total. The van der Waals surface area contributed by atoms with Gasteiger partial charge < -0.3 is 9.58 Å². The molecule has 1 rings (SSSR count). The Bertz CT molecular complexity index is 330. The fourth-order valence-corrected chi connectivity index (χ4v) is 1.37. The van der Waals surface area contributed by atoms with E-state index < -0.39 is 0 Å². The molecule has 0 atom stereocenters. The first-order chi connectivity index (χ1) is 6.27. The van der Waals surface area contributed by atoms with Crippen LogP contribution in [0.2, 0.25) is 0 Å². The summed E-state index contributed by atoms with van der Waals surface area (Å²) in [5, 5.41) is 0. The molecule has 2 nitrogen and oxygen atoms in total. The van der Waals surface area contributed by atoms with Gasteiger partial charge in [-0.3, -0.25) is 0 Å². The monoisotopic (exact) mass is 239 g/mol. The van der Waals surface area contributed by atoms with Crippen LogP contribution >= 0.6 is 15.9 Å². The number of halogens is 1. The van der Waals surface area contributed by atoms with Gasteiger partial charge in [0.15, 0.2) is 0 Å². The Kier molecular flexibility index (Phi) is 3.78. The molecular weight excluding hydrogens is 230 g/mol. The lowest BCUT2D eigenvalue weighted by atomic mass is 10.2. The Morgan fingerprint density at radius 1 is 1.54 bits per heavy atom. The third-order valence-corrected chi connectivity index (χ3v) is 2.07. The second-order valence-corrected chi connectivity index (χ2v) is 3.42. The lowest BCUT2D eigenvalue weighted by molar-refractivity contribution is 0.337. The van der Waals surface area contributed by atoms with E-state index in [-0.39, 0.29) is 0 Å². The molecule has 0 spiro atoms. The minimum Gasteiger partial charge on any atom is -0.493 e. The van der Waals surface area contributed by atoms with Gasteiger partial charge in [0.05, 0.1) is 12.2 Å². The molecule has 0 amide bonds. The van der Waals surface area contributed by atoms with Gasteiger partial charge >= 0.3 is 0 Å². The molecule has 0 saturated heterocycles. The van der Waals surface area contributed by atoms with E-state index in [0.717, 1.165) is 15.8 Å². The summed E-state index contributed by atoms with van der Waals surface area (Å²) in [6, 6.07) is 5.72. The lowest BCUT2D eigenvalue weighted by Gasteiger charge is -2.06. The molecular formula is C10H10BrNO. The molecule has 13 heavy (non-hydrogen) atoms. The predicted molar refractivity (Wildman–Crippen MR) is 55.6 cm³/mol. The largest absolute Gasteiger partial charge is 0.493 e. The lowest BCUT2D eigenvalue weighted by Crippen LogP contribution is -1.95. The Hall–Kier alpha value is -1.01. The van der Waals surface area contributed by atoms with E-state index in [0.29, 0.717) is 13.2 Å². The van der Waals surface area contributed by atoms with E-state index in [2.05, 4.69) is 20.8 Å². The van der Waals surface area contributed by atoms with Crippen LogP contribution in [0, 0.1) is 6.57 Å². The average Bonchev–Trinajstić information content (AvgIpc) is 2.10. The van der Waals surface area contributed by atoms with Gasteiger partial charge in [-0.25, -0.2) is 6.57 Å². The highest BCUT2D eigenvalue weighted by atomic mass is 79.9. The summed E-state index contributed by atoms with van der Waals surface area (Å²) < 4.78 is 6.37. The molecule has 0 bridgehead atoms. The van der Waals surface area contributed by atoms with Crippen LogP contribution in [0.15, 0.2) is 22.7 Å². The van der Waals surface area contributed by atoms with Crippen LogP contribution in [0.5, 0.6) is 5.75 Å². The highest BCUT2D eigenvalue weighted by Crippen LogP contribution is 2.24. The van der Waals surface area contributed by atoms with E-state index in [1.807, 2.05) is 25.1 Å². The van der Waals surface area contributed by atoms with Gasteiger partial charge in [-0.05, 0) is 25.1 Å². The number of nitrogens with zero attached hydrogens (tertiary/aromatic N) is 1. The maximum Gasteiger partial charge on any atom is 0.243 e. The van der Waals surface area contributed by atoms with Gasteiger partial charge in [-0.2, -0.15) is 0 Å². The molecule has 68 valence electrons. The molecule has 0 aliphatic carbocycles. The van der Waals surface area contributed by atoms with E-state index in [4.69, 9.17) is 11.3 Å². The van der Waals surface area contributed by atoms with Gasteiger partial charge in [-0.1, -0.05) is 15.9 Å². The summed E-state index contributed by atoms with van der Waals surface area (Å²) in [5.41, 5.74) is 0.944. The van der Waals surface area contributed by atoms with Crippen LogP contribution in [-0.2, 0) is 6.54 Å². The third-order valence-electron chi connectivity index (χ3n) is 1.58. The molecule has 0 aromatic heterocycles.